The first-order chi connectivity index (χ1) is 10.5. The zero-order valence-corrected chi connectivity index (χ0v) is 14.4. The van der Waals surface area contributed by atoms with Gasteiger partial charge in [-0.1, -0.05) is 47.8 Å². The molecule has 1 N–H and O–H groups in total. The number of carbonyl (C=O) groups is 2. The zero-order chi connectivity index (χ0) is 15.9. The molecule has 1 saturated carbocycles. The summed E-state index contributed by atoms with van der Waals surface area (Å²) < 4.78 is 6.02. The predicted octanol–water partition coefficient (Wildman–Crippen LogP) is 3.23. The summed E-state index contributed by atoms with van der Waals surface area (Å²) in [6, 6.07) is 7.68. The maximum absolute atomic E-state index is 11.9. The first-order valence-corrected chi connectivity index (χ1v) is 8.53. The quantitative estimate of drug-likeness (QED) is 0.812. The normalized spacial score (nSPS) is 21.2. The number of benzene rings is 1. The van der Waals surface area contributed by atoms with E-state index in [1.807, 2.05) is 24.3 Å². The second-order valence-corrected chi connectivity index (χ2v) is 6.82. The highest BCUT2D eigenvalue weighted by Gasteiger charge is 2.23. The zero-order valence-electron chi connectivity index (χ0n) is 12.8. The van der Waals surface area contributed by atoms with Crippen LogP contribution < -0.4 is 5.32 Å². The molecule has 0 bridgehead atoms. The van der Waals surface area contributed by atoms with Crippen LogP contribution in [0.15, 0.2) is 28.7 Å². The molecule has 0 radical (unpaired) electrons. The highest BCUT2D eigenvalue weighted by atomic mass is 79.9. The maximum Gasteiger partial charge on any atom is 0.310 e. The van der Waals surface area contributed by atoms with Gasteiger partial charge in [0.1, 0.15) is 0 Å². The molecule has 0 aliphatic heterocycles. The van der Waals surface area contributed by atoms with Crippen molar-refractivity contribution in [2.24, 2.45) is 5.92 Å². The lowest BCUT2D eigenvalue weighted by atomic mass is 9.86. The Morgan fingerprint density at radius 3 is 2.59 bits per heavy atom. The molecular weight excluding hydrogens is 346 g/mol. The number of hydrogen-bond acceptors (Lipinski definition) is 3. The fourth-order valence-corrected chi connectivity index (χ4v) is 3.01. The van der Waals surface area contributed by atoms with E-state index in [-0.39, 0.29) is 30.9 Å². The summed E-state index contributed by atoms with van der Waals surface area (Å²) in [5.41, 5.74) is 0.870. The third kappa shape index (κ3) is 5.44. The molecule has 120 valence electrons. The van der Waals surface area contributed by atoms with Gasteiger partial charge in [-0.15, -0.1) is 0 Å². The monoisotopic (exact) mass is 367 g/mol. The van der Waals surface area contributed by atoms with Crippen molar-refractivity contribution >= 4 is 27.8 Å². The molecule has 4 nitrogen and oxygen atoms in total. The van der Waals surface area contributed by atoms with E-state index in [2.05, 4.69) is 28.2 Å². The van der Waals surface area contributed by atoms with Crippen LogP contribution >= 0.6 is 15.9 Å². The highest BCUT2D eigenvalue weighted by Crippen LogP contribution is 2.23. The van der Waals surface area contributed by atoms with Crippen LogP contribution in [0.4, 0.5) is 0 Å². The molecule has 1 aromatic rings. The van der Waals surface area contributed by atoms with Crippen molar-refractivity contribution in [3.63, 3.8) is 0 Å². The number of amides is 1. The lowest BCUT2D eigenvalue weighted by molar-refractivity contribution is -0.148. The van der Waals surface area contributed by atoms with E-state index in [4.69, 9.17) is 4.74 Å². The molecule has 1 aliphatic carbocycles. The molecule has 0 unspecified atom stereocenters. The van der Waals surface area contributed by atoms with Crippen molar-refractivity contribution < 1.29 is 14.3 Å². The van der Waals surface area contributed by atoms with E-state index in [0.717, 1.165) is 29.3 Å². The third-order valence-corrected chi connectivity index (χ3v) is 4.61. The Hall–Kier alpha value is -1.36. The van der Waals surface area contributed by atoms with E-state index in [9.17, 15) is 9.59 Å². The largest absolute Gasteiger partial charge is 0.455 e. The molecule has 2 rings (SSSR count). The maximum atomic E-state index is 11.9. The van der Waals surface area contributed by atoms with Crippen LogP contribution in [0.2, 0.25) is 0 Å². The second-order valence-electron chi connectivity index (χ2n) is 5.90. The Morgan fingerprint density at radius 1 is 1.23 bits per heavy atom. The van der Waals surface area contributed by atoms with Crippen LogP contribution in [0, 0.1) is 5.92 Å². The topological polar surface area (TPSA) is 55.4 Å². The van der Waals surface area contributed by atoms with E-state index in [0.29, 0.717) is 5.92 Å². The number of halogens is 1. The Labute approximate surface area is 139 Å². The number of rotatable bonds is 5. The molecule has 5 heteroatoms. The molecular formula is C17H22BrNO3. The summed E-state index contributed by atoms with van der Waals surface area (Å²) >= 11 is 3.34. The first kappa shape index (κ1) is 17.0. The first-order valence-electron chi connectivity index (χ1n) is 7.74. The Kier molecular flexibility index (Phi) is 6.43. The summed E-state index contributed by atoms with van der Waals surface area (Å²) in [6.45, 7) is 1.96. The van der Waals surface area contributed by atoms with Gasteiger partial charge in [0.15, 0.2) is 6.61 Å². The van der Waals surface area contributed by atoms with Gasteiger partial charge < -0.3 is 10.1 Å². The van der Waals surface area contributed by atoms with E-state index in [1.165, 1.54) is 6.42 Å². The Morgan fingerprint density at radius 2 is 1.91 bits per heavy atom. The predicted molar refractivity (Wildman–Crippen MR) is 88.4 cm³/mol. The SMILES string of the molecule is C[C@@H]1CCCC[C@@H]1NC(=O)COC(=O)Cc1ccc(Br)cc1. The minimum absolute atomic E-state index is 0.181. The number of carbonyl (C=O) groups excluding carboxylic acids is 2. The fourth-order valence-electron chi connectivity index (χ4n) is 2.75. The molecule has 2 atom stereocenters. The summed E-state index contributed by atoms with van der Waals surface area (Å²) in [7, 11) is 0. The van der Waals surface area contributed by atoms with Crippen molar-refractivity contribution in [3.05, 3.63) is 34.3 Å². The highest BCUT2D eigenvalue weighted by molar-refractivity contribution is 9.10. The number of nitrogens with one attached hydrogen (secondary N) is 1. The average Bonchev–Trinajstić information content (AvgIpc) is 2.50. The van der Waals surface area contributed by atoms with Crippen molar-refractivity contribution in [3.8, 4) is 0 Å². The third-order valence-electron chi connectivity index (χ3n) is 4.08. The lowest BCUT2D eigenvalue weighted by Crippen LogP contribution is -2.42. The Bertz CT molecular complexity index is 515. The average molecular weight is 368 g/mol. The summed E-state index contributed by atoms with van der Waals surface area (Å²) in [5, 5.41) is 2.97. The van der Waals surface area contributed by atoms with Crippen molar-refractivity contribution in [1.29, 1.82) is 0 Å². The molecule has 1 amide bonds. The molecule has 22 heavy (non-hydrogen) atoms. The van der Waals surface area contributed by atoms with Crippen LogP contribution in [0.1, 0.15) is 38.2 Å². The molecule has 0 heterocycles. The van der Waals surface area contributed by atoms with Gasteiger partial charge in [0.2, 0.25) is 0 Å². The molecule has 1 aliphatic rings. The van der Waals surface area contributed by atoms with Gasteiger partial charge in [0.25, 0.3) is 5.91 Å². The molecule has 0 saturated heterocycles. The molecule has 1 fully saturated rings. The Balaban J connectivity index is 1.71. The van der Waals surface area contributed by atoms with Gasteiger partial charge in [-0.05, 0) is 36.5 Å². The van der Waals surface area contributed by atoms with Gasteiger partial charge in [-0.2, -0.15) is 0 Å². The summed E-state index contributed by atoms with van der Waals surface area (Å²) in [5.74, 6) is -0.0896. The van der Waals surface area contributed by atoms with Crippen LogP contribution in [0.5, 0.6) is 0 Å². The summed E-state index contributed by atoms with van der Waals surface area (Å²) in [6.07, 6.45) is 4.72. The molecule has 0 spiro atoms. The number of ether oxygens (including phenoxy) is 1. The van der Waals surface area contributed by atoms with Crippen LogP contribution in [0.3, 0.4) is 0 Å². The fraction of sp³-hybridized carbons (Fsp3) is 0.529. The number of hydrogen-bond donors (Lipinski definition) is 1. The summed E-state index contributed by atoms with van der Waals surface area (Å²) in [4.78, 5) is 23.6. The standard InChI is InChI=1S/C17H22BrNO3/c1-12-4-2-3-5-15(12)19-16(20)11-22-17(21)10-13-6-8-14(18)9-7-13/h6-9,12,15H,2-5,10-11H2,1H3,(H,19,20)/t12-,15+/m1/s1. The minimum Gasteiger partial charge on any atom is -0.455 e. The van der Waals surface area contributed by atoms with E-state index < -0.39 is 0 Å². The van der Waals surface area contributed by atoms with Gasteiger partial charge in [0.05, 0.1) is 6.42 Å². The molecule has 0 aromatic heterocycles. The van der Waals surface area contributed by atoms with Crippen LogP contribution in [-0.4, -0.2) is 24.5 Å². The smallest absolute Gasteiger partial charge is 0.310 e. The number of esters is 1. The van der Waals surface area contributed by atoms with Crippen molar-refractivity contribution in [1.82, 2.24) is 5.32 Å². The van der Waals surface area contributed by atoms with Gasteiger partial charge in [0, 0.05) is 10.5 Å². The van der Waals surface area contributed by atoms with Crippen molar-refractivity contribution in [2.75, 3.05) is 6.61 Å². The molecule has 1 aromatic carbocycles. The lowest BCUT2D eigenvalue weighted by Gasteiger charge is -2.29. The van der Waals surface area contributed by atoms with Crippen LogP contribution in [0.25, 0.3) is 0 Å². The van der Waals surface area contributed by atoms with Gasteiger partial charge >= 0.3 is 5.97 Å². The second kappa shape index (κ2) is 8.32. The van der Waals surface area contributed by atoms with Crippen molar-refractivity contribution in [2.45, 2.75) is 45.1 Å². The van der Waals surface area contributed by atoms with Gasteiger partial charge in [-0.25, -0.2) is 0 Å². The van der Waals surface area contributed by atoms with Crippen LogP contribution in [-0.2, 0) is 20.7 Å². The van der Waals surface area contributed by atoms with E-state index >= 15 is 0 Å². The minimum atomic E-state index is -0.380. The van der Waals surface area contributed by atoms with E-state index in [1.54, 1.807) is 0 Å². The van der Waals surface area contributed by atoms with Gasteiger partial charge in [-0.3, -0.25) is 9.59 Å².